The summed E-state index contributed by atoms with van der Waals surface area (Å²) in [6, 6.07) is 5.24. The largest absolute Gasteiger partial charge is 0.480 e. The molecule has 0 radical (unpaired) electrons. The van der Waals surface area contributed by atoms with E-state index < -0.39 is 24.0 Å². The molecule has 0 heterocycles. The van der Waals surface area contributed by atoms with E-state index in [0.29, 0.717) is 5.02 Å². The van der Waals surface area contributed by atoms with Gasteiger partial charge in [-0.05, 0) is 23.6 Å². The fraction of sp³-hybridized carbons (Fsp3) is 0.438. The van der Waals surface area contributed by atoms with Crippen LogP contribution < -0.4 is 10.6 Å². The minimum atomic E-state index is -1.09. The third-order valence-electron chi connectivity index (χ3n) is 3.29. The minimum absolute atomic E-state index is 0.0578. The van der Waals surface area contributed by atoms with E-state index in [9.17, 15) is 14.4 Å². The maximum atomic E-state index is 12.1. The van der Waals surface area contributed by atoms with E-state index in [-0.39, 0.29) is 18.2 Å². The lowest BCUT2D eigenvalue weighted by Gasteiger charge is -2.21. The van der Waals surface area contributed by atoms with E-state index in [1.54, 1.807) is 38.1 Å². The monoisotopic (exact) mass is 340 g/mol. The zero-order valence-electron chi connectivity index (χ0n) is 13.3. The van der Waals surface area contributed by atoms with Crippen molar-refractivity contribution in [1.29, 1.82) is 0 Å². The van der Waals surface area contributed by atoms with Gasteiger partial charge in [0.1, 0.15) is 6.04 Å². The van der Waals surface area contributed by atoms with E-state index in [1.807, 2.05) is 0 Å². The van der Waals surface area contributed by atoms with E-state index >= 15 is 0 Å². The fourth-order valence-electron chi connectivity index (χ4n) is 2.12. The molecular weight excluding hydrogens is 320 g/mol. The van der Waals surface area contributed by atoms with Gasteiger partial charge in [-0.1, -0.05) is 37.6 Å². The molecule has 0 aromatic heterocycles. The van der Waals surface area contributed by atoms with Gasteiger partial charge in [-0.25, -0.2) is 4.79 Å². The summed E-state index contributed by atoms with van der Waals surface area (Å²) in [5, 5.41) is 14.8. The molecule has 6 nitrogen and oxygen atoms in total. The van der Waals surface area contributed by atoms with Crippen LogP contribution in [0.15, 0.2) is 24.3 Å². The lowest BCUT2D eigenvalue weighted by atomic mass is 10.0. The number of aliphatic carboxylic acids is 1. The van der Waals surface area contributed by atoms with Crippen molar-refractivity contribution in [3.63, 3.8) is 0 Å². The topological polar surface area (TPSA) is 95.5 Å². The molecule has 1 aromatic rings. The van der Waals surface area contributed by atoms with Gasteiger partial charge < -0.3 is 15.7 Å². The standard InChI is InChI=1S/C16H21ClN2O4/c1-9(2)15(16(22)23)19-14(21)8-13(18-10(3)20)11-4-6-12(17)7-5-11/h4-7,9,13,15H,8H2,1-3H3,(H,18,20)(H,19,21)(H,22,23)/t13?,15-/m0/s1. The average Bonchev–Trinajstić information content (AvgIpc) is 2.43. The van der Waals surface area contributed by atoms with Crippen molar-refractivity contribution >= 4 is 29.4 Å². The Bertz CT molecular complexity index is 572. The van der Waals surface area contributed by atoms with Crippen LogP contribution in [0.1, 0.15) is 38.8 Å². The summed E-state index contributed by atoms with van der Waals surface area (Å²) >= 11 is 5.83. The number of amides is 2. The molecule has 2 amide bonds. The molecule has 1 aromatic carbocycles. The third-order valence-corrected chi connectivity index (χ3v) is 3.54. The van der Waals surface area contributed by atoms with Crippen LogP contribution in [0.25, 0.3) is 0 Å². The normalized spacial score (nSPS) is 13.3. The summed E-state index contributed by atoms with van der Waals surface area (Å²) in [6.07, 6.45) is -0.0578. The molecule has 2 atom stereocenters. The SMILES string of the molecule is CC(=O)NC(CC(=O)N[C@H](C(=O)O)C(C)C)c1ccc(Cl)cc1. The number of carbonyl (C=O) groups excluding carboxylic acids is 2. The number of carbonyl (C=O) groups is 3. The Hall–Kier alpha value is -2.08. The predicted molar refractivity (Wildman–Crippen MR) is 87.0 cm³/mol. The van der Waals surface area contributed by atoms with E-state index in [2.05, 4.69) is 10.6 Å². The van der Waals surface area contributed by atoms with Gasteiger partial charge in [-0.15, -0.1) is 0 Å². The van der Waals surface area contributed by atoms with Crippen molar-refractivity contribution in [2.45, 2.75) is 39.3 Å². The average molecular weight is 341 g/mol. The zero-order chi connectivity index (χ0) is 17.6. The highest BCUT2D eigenvalue weighted by molar-refractivity contribution is 6.30. The molecule has 0 aliphatic carbocycles. The van der Waals surface area contributed by atoms with Crippen LogP contribution in [0.2, 0.25) is 5.02 Å². The lowest BCUT2D eigenvalue weighted by Crippen LogP contribution is -2.45. The van der Waals surface area contributed by atoms with Crippen molar-refractivity contribution in [3.8, 4) is 0 Å². The van der Waals surface area contributed by atoms with Gasteiger partial charge in [0.25, 0.3) is 0 Å². The van der Waals surface area contributed by atoms with E-state index in [1.165, 1.54) is 6.92 Å². The molecule has 1 unspecified atom stereocenters. The van der Waals surface area contributed by atoms with Crippen molar-refractivity contribution in [2.75, 3.05) is 0 Å². The number of carboxylic acids is 1. The Morgan fingerprint density at radius 1 is 1.13 bits per heavy atom. The summed E-state index contributed by atoms with van der Waals surface area (Å²) < 4.78 is 0. The summed E-state index contributed by atoms with van der Waals surface area (Å²) in [7, 11) is 0. The Balaban J connectivity index is 2.84. The molecule has 7 heteroatoms. The van der Waals surface area contributed by atoms with Crippen LogP contribution >= 0.6 is 11.6 Å². The maximum Gasteiger partial charge on any atom is 0.326 e. The van der Waals surface area contributed by atoms with Gasteiger partial charge in [0.15, 0.2) is 0 Å². The van der Waals surface area contributed by atoms with Gasteiger partial charge in [-0.2, -0.15) is 0 Å². The van der Waals surface area contributed by atoms with Crippen LogP contribution in [0.4, 0.5) is 0 Å². The first-order valence-corrected chi connectivity index (χ1v) is 7.63. The first-order valence-electron chi connectivity index (χ1n) is 7.25. The van der Waals surface area contributed by atoms with Gasteiger partial charge in [0.2, 0.25) is 11.8 Å². The quantitative estimate of drug-likeness (QED) is 0.708. The molecule has 126 valence electrons. The molecule has 23 heavy (non-hydrogen) atoms. The predicted octanol–water partition coefficient (Wildman–Crippen LogP) is 2.13. The van der Waals surface area contributed by atoms with E-state index in [4.69, 9.17) is 16.7 Å². The first kappa shape index (κ1) is 19.0. The summed E-state index contributed by atoms with van der Waals surface area (Å²) in [4.78, 5) is 34.6. The highest BCUT2D eigenvalue weighted by Crippen LogP contribution is 2.19. The molecule has 0 saturated carbocycles. The molecule has 0 bridgehead atoms. The van der Waals surface area contributed by atoms with E-state index in [0.717, 1.165) is 5.56 Å². The number of carboxylic acid groups (broad SMARTS) is 1. The molecule has 0 fully saturated rings. The zero-order valence-corrected chi connectivity index (χ0v) is 14.1. The molecule has 0 aliphatic heterocycles. The van der Waals surface area contributed by atoms with Crippen LogP contribution in [0.3, 0.4) is 0 Å². The number of rotatable bonds is 7. The van der Waals surface area contributed by atoms with Gasteiger partial charge in [0.05, 0.1) is 12.5 Å². The smallest absolute Gasteiger partial charge is 0.326 e. The molecule has 1 rings (SSSR count). The molecular formula is C16H21ClN2O4. The first-order chi connectivity index (χ1) is 10.7. The van der Waals surface area contributed by atoms with Gasteiger partial charge in [-0.3, -0.25) is 9.59 Å². The third kappa shape index (κ3) is 6.28. The summed E-state index contributed by atoms with van der Waals surface area (Å²) in [6.45, 7) is 4.78. The number of benzene rings is 1. The summed E-state index contributed by atoms with van der Waals surface area (Å²) in [5.41, 5.74) is 0.719. The minimum Gasteiger partial charge on any atom is -0.480 e. The lowest BCUT2D eigenvalue weighted by molar-refractivity contribution is -0.143. The molecule has 0 spiro atoms. The van der Waals surface area contributed by atoms with Crippen LogP contribution in [0, 0.1) is 5.92 Å². The summed E-state index contributed by atoms with van der Waals surface area (Å²) in [5.74, 6) is -2.06. The highest BCUT2D eigenvalue weighted by atomic mass is 35.5. The van der Waals surface area contributed by atoms with Crippen molar-refractivity contribution in [3.05, 3.63) is 34.9 Å². The van der Waals surface area contributed by atoms with Crippen LogP contribution in [-0.2, 0) is 14.4 Å². The Morgan fingerprint density at radius 3 is 2.13 bits per heavy atom. The second-order valence-corrected chi connectivity index (χ2v) is 6.07. The second kappa shape index (κ2) is 8.53. The Labute approximate surface area is 140 Å². The Morgan fingerprint density at radius 2 is 1.70 bits per heavy atom. The number of hydrogen-bond donors (Lipinski definition) is 3. The number of nitrogens with one attached hydrogen (secondary N) is 2. The van der Waals surface area contributed by atoms with Crippen molar-refractivity contribution in [2.24, 2.45) is 5.92 Å². The van der Waals surface area contributed by atoms with Crippen LogP contribution in [0.5, 0.6) is 0 Å². The van der Waals surface area contributed by atoms with Crippen molar-refractivity contribution in [1.82, 2.24) is 10.6 Å². The molecule has 3 N–H and O–H groups in total. The number of hydrogen-bond acceptors (Lipinski definition) is 3. The van der Waals surface area contributed by atoms with Crippen LogP contribution in [-0.4, -0.2) is 28.9 Å². The highest BCUT2D eigenvalue weighted by Gasteiger charge is 2.25. The fourth-order valence-corrected chi connectivity index (χ4v) is 2.25. The van der Waals surface area contributed by atoms with Crippen molar-refractivity contribution < 1.29 is 19.5 Å². The molecule has 0 aliphatic rings. The maximum absolute atomic E-state index is 12.1. The number of halogens is 1. The molecule has 0 saturated heterocycles. The van der Waals surface area contributed by atoms with Gasteiger partial charge >= 0.3 is 5.97 Å². The second-order valence-electron chi connectivity index (χ2n) is 5.64. The van der Waals surface area contributed by atoms with Gasteiger partial charge in [0, 0.05) is 11.9 Å². The Kier molecular flexibility index (Phi) is 7.03.